The van der Waals surface area contributed by atoms with Gasteiger partial charge in [0.2, 0.25) is 5.91 Å². The fourth-order valence-electron chi connectivity index (χ4n) is 2.34. The van der Waals surface area contributed by atoms with Crippen molar-refractivity contribution in [3.8, 4) is 0 Å². The summed E-state index contributed by atoms with van der Waals surface area (Å²) in [4.78, 5) is 14.1. The summed E-state index contributed by atoms with van der Waals surface area (Å²) in [6.07, 6.45) is 8.22. The first-order valence-corrected chi connectivity index (χ1v) is 8.61. The molecule has 0 spiro atoms. The molecule has 1 rings (SSSR count). The molecule has 2 unspecified atom stereocenters. The summed E-state index contributed by atoms with van der Waals surface area (Å²) in [7, 11) is 0. The molecule has 1 saturated heterocycles. The second-order valence-corrected chi connectivity index (χ2v) is 6.22. The Balaban J connectivity index is 2.15. The van der Waals surface area contributed by atoms with Crippen LogP contribution in [0.25, 0.3) is 0 Å². The van der Waals surface area contributed by atoms with E-state index in [2.05, 4.69) is 25.4 Å². The molecule has 0 aliphatic carbocycles. The van der Waals surface area contributed by atoms with Crippen molar-refractivity contribution in [2.24, 2.45) is 5.92 Å². The SMILES string of the molecule is CCC(C)C1NCN(CCCCCCSC)C1=O. The molecule has 0 saturated carbocycles. The van der Waals surface area contributed by atoms with E-state index >= 15 is 0 Å². The van der Waals surface area contributed by atoms with Crippen LogP contribution in [0.2, 0.25) is 0 Å². The van der Waals surface area contributed by atoms with Crippen LogP contribution in [0.3, 0.4) is 0 Å². The molecule has 4 heteroatoms. The normalized spacial score (nSPS) is 21.6. The maximum Gasteiger partial charge on any atom is 0.241 e. The quantitative estimate of drug-likeness (QED) is 0.655. The monoisotopic (exact) mass is 272 g/mol. The fraction of sp³-hybridized carbons (Fsp3) is 0.929. The van der Waals surface area contributed by atoms with Gasteiger partial charge in [-0.3, -0.25) is 10.1 Å². The van der Waals surface area contributed by atoms with Crippen LogP contribution in [0.4, 0.5) is 0 Å². The number of carbonyl (C=O) groups is 1. The Kier molecular flexibility index (Phi) is 7.75. The standard InChI is InChI=1S/C14H28N2OS/c1-4-12(2)13-14(17)16(11-15-13)9-7-5-6-8-10-18-3/h12-13,15H,4-11H2,1-3H3. The van der Waals surface area contributed by atoms with Crippen LogP contribution < -0.4 is 5.32 Å². The number of thioether (sulfide) groups is 1. The minimum atomic E-state index is 0.0616. The van der Waals surface area contributed by atoms with Gasteiger partial charge in [0, 0.05) is 6.54 Å². The summed E-state index contributed by atoms with van der Waals surface area (Å²) < 4.78 is 0. The van der Waals surface area contributed by atoms with E-state index in [-0.39, 0.29) is 6.04 Å². The van der Waals surface area contributed by atoms with Crippen molar-refractivity contribution in [1.29, 1.82) is 0 Å². The molecule has 1 amide bonds. The fourth-order valence-corrected chi connectivity index (χ4v) is 2.84. The van der Waals surface area contributed by atoms with E-state index in [4.69, 9.17) is 0 Å². The van der Waals surface area contributed by atoms with Crippen LogP contribution in [0.15, 0.2) is 0 Å². The van der Waals surface area contributed by atoms with Crippen molar-refractivity contribution in [3.63, 3.8) is 0 Å². The minimum absolute atomic E-state index is 0.0616. The van der Waals surface area contributed by atoms with E-state index in [1.54, 1.807) is 0 Å². The summed E-state index contributed by atoms with van der Waals surface area (Å²) in [5, 5.41) is 3.34. The number of hydrogen-bond donors (Lipinski definition) is 1. The topological polar surface area (TPSA) is 32.3 Å². The van der Waals surface area contributed by atoms with Crippen LogP contribution in [0, 0.1) is 5.92 Å². The van der Waals surface area contributed by atoms with Gasteiger partial charge < -0.3 is 4.90 Å². The molecular weight excluding hydrogens is 244 g/mol. The highest BCUT2D eigenvalue weighted by atomic mass is 32.2. The molecule has 0 aromatic rings. The largest absolute Gasteiger partial charge is 0.329 e. The van der Waals surface area contributed by atoms with Gasteiger partial charge in [-0.05, 0) is 30.8 Å². The van der Waals surface area contributed by atoms with Gasteiger partial charge in [0.1, 0.15) is 0 Å². The lowest BCUT2D eigenvalue weighted by Crippen LogP contribution is -2.35. The van der Waals surface area contributed by atoms with E-state index in [1.165, 1.54) is 25.0 Å². The predicted octanol–water partition coefficient (Wildman–Crippen LogP) is 2.71. The summed E-state index contributed by atoms with van der Waals surface area (Å²) in [5.74, 6) is 2.03. The molecule has 0 aromatic carbocycles. The second-order valence-electron chi connectivity index (χ2n) is 5.23. The maximum atomic E-state index is 12.1. The zero-order valence-electron chi connectivity index (χ0n) is 12.1. The van der Waals surface area contributed by atoms with E-state index in [0.29, 0.717) is 11.8 Å². The first-order chi connectivity index (χ1) is 8.70. The van der Waals surface area contributed by atoms with Crippen LogP contribution in [0.1, 0.15) is 46.0 Å². The molecule has 1 N–H and O–H groups in total. The molecule has 2 atom stereocenters. The van der Waals surface area contributed by atoms with Crippen molar-refractivity contribution in [2.75, 3.05) is 25.2 Å². The number of rotatable bonds is 9. The molecule has 18 heavy (non-hydrogen) atoms. The first-order valence-electron chi connectivity index (χ1n) is 7.21. The molecule has 0 bridgehead atoms. The molecule has 1 fully saturated rings. The lowest BCUT2D eigenvalue weighted by Gasteiger charge is -2.17. The molecule has 1 aliphatic rings. The Hall–Kier alpha value is -0.220. The highest BCUT2D eigenvalue weighted by Gasteiger charge is 2.33. The average molecular weight is 272 g/mol. The number of amides is 1. The Morgan fingerprint density at radius 3 is 2.78 bits per heavy atom. The highest BCUT2D eigenvalue weighted by molar-refractivity contribution is 7.98. The Morgan fingerprint density at radius 1 is 1.39 bits per heavy atom. The number of nitrogens with one attached hydrogen (secondary N) is 1. The summed E-state index contributed by atoms with van der Waals surface area (Å²) in [6, 6.07) is 0.0616. The molecule has 0 radical (unpaired) electrons. The lowest BCUT2D eigenvalue weighted by molar-refractivity contribution is -0.129. The first kappa shape index (κ1) is 15.8. The Morgan fingerprint density at radius 2 is 2.11 bits per heavy atom. The molecule has 106 valence electrons. The third-order valence-corrected chi connectivity index (χ3v) is 4.52. The smallest absolute Gasteiger partial charge is 0.241 e. The molecule has 0 aromatic heterocycles. The number of hydrogen-bond acceptors (Lipinski definition) is 3. The van der Waals surface area contributed by atoms with E-state index in [1.807, 2.05) is 16.7 Å². The van der Waals surface area contributed by atoms with Gasteiger partial charge in [0.25, 0.3) is 0 Å². The zero-order chi connectivity index (χ0) is 13.4. The number of unbranched alkanes of at least 4 members (excludes halogenated alkanes) is 3. The summed E-state index contributed by atoms with van der Waals surface area (Å²) in [6.45, 7) is 5.98. The Labute approximate surface area is 116 Å². The van der Waals surface area contributed by atoms with Crippen molar-refractivity contribution in [3.05, 3.63) is 0 Å². The van der Waals surface area contributed by atoms with Gasteiger partial charge in [-0.25, -0.2) is 0 Å². The van der Waals surface area contributed by atoms with Crippen LogP contribution >= 0.6 is 11.8 Å². The third-order valence-electron chi connectivity index (χ3n) is 3.82. The second kappa shape index (κ2) is 8.81. The van der Waals surface area contributed by atoms with Gasteiger partial charge in [-0.15, -0.1) is 0 Å². The van der Waals surface area contributed by atoms with Crippen LogP contribution in [-0.2, 0) is 4.79 Å². The zero-order valence-corrected chi connectivity index (χ0v) is 12.9. The molecular formula is C14H28N2OS. The molecule has 1 heterocycles. The van der Waals surface area contributed by atoms with Gasteiger partial charge in [0.15, 0.2) is 0 Å². The van der Waals surface area contributed by atoms with Crippen molar-refractivity contribution < 1.29 is 4.79 Å². The van der Waals surface area contributed by atoms with Crippen molar-refractivity contribution in [2.45, 2.75) is 52.0 Å². The van der Waals surface area contributed by atoms with E-state index in [0.717, 1.165) is 26.1 Å². The van der Waals surface area contributed by atoms with Gasteiger partial charge in [0.05, 0.1) is 12.7 Å². The molecule has 3 nitrogen and oxygen atoms in total. The van der Waals surface area contributed by atoms with E-state index < -0.39 is 0 Å². The third kappa shape index (κ3) is 4.81. The van der Waals surface area contributed by atoms with Crippen LogP contribution in [0.5, 0.6) is 0 Å². The number of nitrogens with zero attached hydrogens (tertiary/aromatic N) is 1. The maximum absolute atomic E-state index is 12.1. The summed E-state index contributed by atoms with van der Waals surface area (Å²) >= 11 is 1.92. The lowest BCUT2D eigenvalue weighted by atomic mass is 9.99. The minimum Gasteiger partial charge on any atom is -0.329 e. The van der Waals surface area contributed by atoms with Gasteiger partial charge >= 0.3 is 0 Å². The predicted molar refractivity (Wildman–Crippen MR) is 79.8 cm³/mol. The van der Waals surface area contributed by atoms with Crippen molar-refractivity contribution in [1.82, 2.24) is 10.2 Å². The average Bonchev–Trinajstić information content (AvgIpc) is 2.74. The van der Waals surface area contributed by atoms with Crippen molar-refractivity contribution >= 4 is 17.7 Å². The van der Waals surface area contributed by atoms with E-state index in [9.17, 15) is 4.79 Å². The van der Waals surface area contributed by atoms with Gasteiger partial charge in [-0.2, -0.15) is 11.8 Å². The Bertz CT molecular complexity index is 248. The van der Waals surface area contributed by atoms with Gasteiger partial charge in [-0.1, -0.05) is 33.1 Å². The highest BCUT2D eigenvalue weighted by Crippen LogP contribution is 2.16. The number of carbonyl (C=O) groups excluding carboxylic acids is 1. The van der Waals surface area contributed by atoms with Crippen LogP contribution in [-0.4, -0.2) is 42.1 Å². The molecule has 1 aliphatic heterocycles. The summed E-state index contributed by atoms with van der Waals surface area (Å²) in [5.41, 5.74) is 0.